The van der Waals surface area contributed by atoms with Gasteiger partial charge in [0.05, 0.1) is 12.0 Å². The molecule has 1 heterocycles. The lowest BCUT2D eigenvalue weighted by atomic mass is 9.81. The Labute approximate surface area is 260 Å². The third-order valence-corrected chi connectivity index (χ3v) is 8.17. The standard InChI is InChI=1S/C37H51NO2.BrH/c1-5-6-7-8-9-10-11-12-13-14-15-16-17-18-19-22-29-40-32-26-27-35(39)31(30-32)25-28-36-37(2,3)33-23-20-21-24-34(33)38(36)4;/h5-7,20-21,23-28,30H,1,8-19,22,29H2,2-4H3;1H/b7-6+;. The van der Waals surface area contributed by atoms with Crippen LogP contribution in [-0.2, 0) is 5.41 Å². The molecule has 1 aliphatic rings. The highest BCUT2D eigenvalue weighted by atomic mass is 79.9. The number of phenols is 1. The molecule has 0 aliphatic carbocycles. The highest BCUT2D eigenvalue weighted by Gasteiger charge is 2.42. The predicted octanol–water partition coefficient (Wildman–Crippen LogP) is 7.31. The van der Waals surface area contributed by atoms with Crippen LogP contribution in [0, 0.1) is 0 Å². The first-order valence-corrected chi connectivity index (χ1v) is 15.6. The molecule has 0 bridgehead atoms. The van der Waals surface area contributed by atoms with Crippen molar-refractivity contribution < 1.29 is 31.4 Å². The zero-order valence-electron chi connectivity index (χ0n) is 25.7. The number of fused-ring (bicyclic) bond motifs is 1. The molecule has 0 spiro atoms. The average molecular weight is 623 g/mol. The monoisotopic (exact) mass is 621 g/mol. The Bertz CT molecular complexity index is 1160. The molecule has 4 heteroatoms. The third kappa shape index (κ3) is 11.0. The molecule has 3 nitrogen and oxygen atoms in total. The number of phenolic OH excluding ortho intramolecular Hbond substituents is 1. The van der Waals surface area contributed by atoms with Crippen LogP contribution in [0.25, 0.3) is 6.08 Å². The van der Waals surface area contributed by atoms with Crippen molar-refractivity contribution in [1.82, 2.24) is 0 Å². The van der Waals surface area contributed by atoms with Crippen LogP contribution in [0.1, 0.15) is 108 Å². The summed E-state index contributed by atoms with van der Waals surface area (Å²) in [6.45, 7) is 8.93. The van der Waals surface area contributed by atoms with Gasteiger partial charge < -0.3 is 26.8 Å². The highest BCUT2D eigenvalue weighted by Crippen LogP contribution is 2.39. The van der Waals surface area contributed by atoms with Crippen LogP contribution in [0.4, 0.5) is 5.69 Å². The van der Waals surface area contributed by atoms with Crippen LogP contribution >= 0.6 is 0 Å². The number of rotatable bonds is 19. The lowest BCUT2D eigenvalue weighted by Gasteiger charge is -2.15. The highest BCUT2D eigenvalue weighted by molar-refractivity contribution is 6.05. The maximum Gasteiger partial charge on any atom is 0.209 e. The lowest BCUT2D eigenvalue weighted by molar-refractivity contribution is -0.401. The smallest absolute Gasteiger partial charge is 0.209 e. The first-order valence-electron chi connectivity index (χ1n) is 15.6. The van der Waals surface area contributed by atoms with Crippen LogP contribution in [-0.4, -0.2) is 29.0 Å². The number of hydrogen-bond acceptors (Lipinski definition) is 2. The van der Waals surface area contributed by atoms with E-state index in [0.29, 0.717) is 0 Å². The normalized spacial score (nSPS) is 14.0. The molecular weight excluding hydrogens is 570 g/mol. The van der Waals surface area contributed by atoms with Gasteiger partial charge >= 0.3 is 0 Å². The lowest BCUT2D eigenvalue weighted by Crippen LogP contribution is -3.00. The van der Waals surface area contributed by atoms with Crippen LogP contribution in [0.5, 0.6) is 11.5 Å². The Morgan fingerprint density at radius 2 is 1.44 bits per heavy atom. The zero-order valence-corrected chi connectivity index (χ0v) is 27.3. The fourth-order valence-electron chi connectivity index (χ4n) is 5.74. The van der Waals surface area contributed by atoms with E-state index in [4.69, 9.17) is 4.74 Å². The minimum absolute atomic E-state index is 0. The largest absolute Gasteiger partial charge is 1.00 e. The van der Waals surface area contributed by atoms with E-state index in [1.807, 2.05) is 30.4 Å². The Morgan fingerprint density at radius 1 is 0.829 bits per heavy atom. The predicted molar refractivity (Wildman–Crippen MR) is 172 cm³/mol. The van der Waals surface area contributed by atoms with E-state index in [0.717, 1.165) is 24.3 Å². The maximum atomic E-state index is 10.5. The number of aromatic hydroxyl groups is 1. The van der Waals surface area contributed by atoms with Crippen LogP contribution < -0.4 is 21.7 Å². The van der Waals surface area contributed by atoms with E-state index >= 15 is 0 Å². The quantitative estimate of drug-likeness (QED) is 0.101. The molecule has 2 aromatic carbocycles. The molecule has 2 aromatic rings. The van der Waals surface area contributed by atoms with Crippen molar-refractivity contribution >= 4 is 17.5 Å². The Hall–Kier alpha value is -2.59. The van der Waals surface area contributed by atoms with Gasteiger partial charge in [-0.1, -0.05) is 107 Å². The van der Waals surface area contributed by atoms with Crippen molar-refractivity contribution in [2.24, 2.45) is 0 Å². The second-order valence-electron chi connectivity index (χ2n) is 11.7. The number of benzene rings is 2. The van der Waals surface area contributed by atoms with Crippen molar-refractivity contribution in [3.8, 4) is 11.5 Å². The minimum atomic E-state index is -0.0886. The number of para-hydroxylation sites is 1. The Kier molecular flexibility index (Phi) is 15.8. The van der Waals surface area contributed by atoms with Gasteiger partial charge in [0.25, 0.3) is 0 Å². The summed E-state index contributed by atoms with van der Waals surface area (Å²) in [7, 11) is 2.11. The fourth-order valence-corrected chi connectivity index (χ4v) is 5.74. The molecule has 0 fully saturated rings. The zero-order chi connectivity index (χ0) is 28.6. The average Bonchev–Trinajstić information content (AvgIpc) is 3.15. The first-order chi connectivity index (χ1) is 19.4. The van der Waals surface area contributed by atoms with Gasteiger partial charge in [-0.15, -0.1) is 0 Å². The molecule has 0 saturated heterocycles. The molecule has 41 heavy (non-hydrogen) atoms. The maximum absolute atomic E-state index is 10.5. The van der Waals surface area contributed by atoms with E-state index < -0.39 is 0 Å². The Balaban J connectivity index is 0.00000588. The molecule has 1 N–H and O–H groups in total. The summed E-state index contributed by atoms with van der Waals surface area (Å²) < 4.78 is 8.28. The van der Waals surface area contributed by atoms with Crippen molar-refractivity contribution in [1.29, 1.82) is 0 Å². The van der Waals surface area contributed by atoms with Crippen molar-refractivity contribution in [2.45, 2.75) is 103 Å². The minimum Gasteiger partial charge on any atom is -1.00 e. The van der Waals surface area contributed by atoms with Crippen molar-refractivity contribution in [3.05, 3.63) is 84.5 Å². The molecule has 0 atom stereocenters. The third-order valence-electron chi connectivity index (χ3n) is 8.17. The van der Waals surface area contributed by atoms with E-state index in [2.05, 4.69) is 68.5 Å². The van der Waals surface area contributed by atoms with Crippen molar-refractivity contribution in [3.63, 3.8) is 0 Å². The van der Waals surface area contributed by atoms with Gasteiger partial charge in [-0.05, 0) is 57.4 Å². The topological polar surface area (TPSA) is 32.5 Å². The van der Waals surface area contributed by atoms with Crippen LogP contribution in [0.15, 0.2) is 73.3 Å². The summed E-state index contributed by atoms with van der Waals surface area (Å²) in [6, 6.07) is 14.1. The summed E-state index contributed by atoms with van der Waals surface area (Å²) in [5, 5.41) is 10.5. The molecule has 224 valence electrons. The van der Waals surface area contributed by atoms with Gasteiger partial charge in [0.1, 0.15) is 18.5 Å². The summed E-state index contributed by atoms with van der Waals surface area (Å²) in [5.41, 5.74) is 4.47. The number of nitrogens with zero attached hydrogens (tertiary/aromatic N) is 1. The van der Waals surface area contributed by atoms with Crippen molar-refractivity contribution in [2.75, 3.05) is 13.7 Å². The van der Waals surface area contributed by atoms with E-state index in [1.54, 1.807) is 6.07 Å². The number of ether oxygens (including phenoxy) is 1. The summed E-state index contributed by atoms with van der Waals surface area (Å²) >= 11 is 0. The van der Waals surface area contributed by atoms with Gasteiger partial charge in [0.15, 0.2) is 5.71 Å². The molecule has 1 aliphatic heterocycles. The molecular formula is C37H52BrNO2. The second kappa shape index (κ2) is 18.8. The summed E-state index contributed by atoms with van der Waals surface area (Å²) in [4.78, 5) is 0. The molecule has 0 unspecified atom stereocenters. The van der Waals surface area contributed by atoms with Gasteiger partial charge in [0, 0.05) is 23.3 Å². The molecule has 0 aromatic heterocycles. The van der Waals surface area contributed by atoms with E-state index in [1.165, 1.54) is 94.0 Å². The molecule has 3 rings (SSSR count). The number of halogens is 1. The summed E-state index contributed by atoms with van der Waals surface area (Å²) in [5.74, 6) is 1.09. The number of unbranched alkanes of at least 4 members (excludes halogenated alkanes) is 12. The van der Waals surface area contributed by atoms with Gasteiger partial charge in [0.2, 0.25) is 5.69 Å². The fraction of sp³-hybridized carbons (Fsp3) is 0.486. The molecule has 0 saturated carbocycles. The SMILES string of the molecule is C=C/C=C/CCCCCCCCCCCCCCOc1ccc(O)c(/C=C/C2=[N+](C)c3ccccc3C2(C)C)c1.[Br-]. The first kappa shape index (κ1) is 34.6. The van der Waals surface area contributed by atoms with Crippen LogP contribution in [0.3, 0.4) is 0 Å². The molecule has 0 radical (unpaired) electrons. The van der Waals surface area contributed by atoms with E-state index in [9.17, 15) is 5.11 Å². The summed E-state index contributed by atoms with van der Waals surface area (Å²) in [6.07, 6.45) is 27.3. The Morgan fingerprint density at radius 3 is 2.07 bits per heavy atom. The number of hydrogen-bond donors (Lipinski definition) is 1. The van der Waals surface area contributed by atoms with Gasteiger partial charge in [-0.3, -0.25) is 0 Å². The van der Waals surface area contributed by atoms with Gasteiger partial charge in [-0.25, -0.2) is 0 Å². The van der Waals surface area contributed by atoms with Gasteiger partial charge in [-0.2, -0.15) is 4.58 Å². The second-order valence-corrected chi connectivity index (χ2v) is 11.7. The van der Waals surface area contributed by atoms with E-state index in [-0.39, 0.29) is 28.1 Å². The molecule has 0 amide bonds. The van der Waals surface area contributed by atoms with Crippen LogP contribution in [0.2, 0.25) is 0 Å². The number of allylic oxidation sites excluding steroid dienone is 4.